The van der Waals surface area contributed by atoms with Crippen LogP contribution in [0.25, 0.3) is 11.0 Å². The molecule has 0 aliphatic rings. The molecule has 136 valence electrons. The minimum atomic E-state index is -0.584. The van der Waals surface area contributed by atoms with Crippen LogP contribution in [0.3, 0.4) is 0 Å². The lowest BCUT2D eigenvalue weighted by molar-refractivity contribution is -0.135. The predicted molar refractivity (Wildman–Crippen MR) is 94.9 cm³/mol. The highest BCUT2D eigenvalue weighted by molar-refractivity contribution is 5.82. The summed E-state index contributed by atoms with van der Waals surface area (Å²) in [5.41, 5.74) is -0.939. The summed E-state index contributed by atoms with van der Waals surface area (Å²) in [5.74, 6) is 0.0304. The SMILES string of the molecule is COc1ccnc2c1c(=O)n(CC(=O)N(C(C)C)C(C)C)c(=O)n2C. The summed E-state index contributed by atoms with van der Waals surface area (Å²) in [6, 6.07) is 1.47. The molecule has 0 N–H and O–H groups in total. The number of pyridine rings is 1. The van der Waals surface area contributed by atoms with Crippen LogP contribution in [0, 0.1) is 0 Å². The highest BCUT2D eigenvalue weighted by Gasteiger charge is 2.23. The van der Waals surface area contributed by atoms with E-state index in [1.165, 1.54) is 24.9 Å². The molecule has 8 nitrogen and oxygen atoms in total. The van der Waals surface area contributed by atoms with Crippen LogP contribution in [0.5, 0.6) is 5.75 Å². The molecule has 0 saturated carbocycles. The van der Waals surface area contributed by atoms with E-state index in [0.717, 1.165) is 4.57 Å². The summed E-state index contributed by atoms with van der Waals surface area (Å²) < 4.78 is 7.41. The normalized spacial score (nSPS) is 11.4. The Morgan fingerprint density at radius 1 is 1.24 bits per heavy atom. The fourth-order valence-corrected chi connectivity index (χ4v) is 3.08. The first-order chi connectivity index (χ1) is 11.7. The van der Waals surface area contributed by atoms with Crippen molar-refractivity contribution >= 4 is 16.9 Å². The molecule has 0 atom stereocenters. The van der Waals surface area contributed by atoms with Crippen molar-refractivity contribution in [3.63, 3.8) is 0 Å². The maximum Gasteiger partial charge on any atom is 0.332 e. The maximum absolute atomic E-state index is 12.8. The van der Waals surface area contributed by atoms with Crippen LogP contribution in [0.2, 0.25) is 0 Å². The number of carbonyl (C=O) groups excluding carboxylic acids is 1. The van der Waals surface area contributed by atoms with Crippen molar-refractivity contribution in [1.29, 1.82) is 0 Å². The van der Waals surface area contributed by atoms with Gasteiger partial charge in [0.25, 0.3) is 5.56 Å². The Bertz CT molecular complexity index is 903. The fraction of sp³-hybridized carbons (Fsp3) is 0.529. The van der Waals surface area contributed by atoms with Crippen LogP contribution in [0.4, 0.5) is 0 Å². The van der Waals surface area contributed by atoms with Crippen molar-refractivity contribution in [3.8, 4) is 5.75 Å². The average Bonchev–Trinajstić information content (AvgIpc) is 2.55. The van der Waals surface area contributed by atoms with E-state index in [4.69, 9.17) is 4.74 Å². The Hall–Kier alpha value is -2.64. The molecular formula is C17H24N4O4. The molecule has 8 heteroatoms. The van der Waals surface area contributed by atoms with Gasteiger partial charge in [0.15, 0.2) is 5.65 Å². The van der Waals surface area contributed by atoms with E-state index in [1.54, 1.807) is 11.0 Å². The molecule has 0 bridgehead atoms. The number of nitrogens with zero attached hydrogens (tertiary/aromatic N) is 4. The van der Waals surface area contributed by atoms with Gasteiger partial charge in [0.05, 0.1) is 7.11 Å². The van der Waals surface area contributed by atoms with Crippen LogP contribution in [0.1, 0.15) is 27.7 Å². The van der Waals surface area contributed by atoms with Crippen LogP contribution in [0.15, 0.2) is 21.9 Å². The molecule has 25 heavy (non-hydrogen) atoms. The molecule has 2 rings (SSSR count). The second-order valence-electron chi connectivity index (χ2n) is 6.43. The van der Waals surface area contributed by atoms with Crippen LogP contribution < -0.4 is 16.0 Å². The molecule has 0 aliphatic heterocycles. The number of hydrogen-bond donors (Lipinski definition) is 0. The minimum Gasteiger partial charge on any atom is -0.496 e. The van der Waals surface area contributed by atoms with Gasteiger partial charge in [-0.15, -0.1) is 0 Å². The van der Waals surface area contributed by atoms with Gasteiger partial charge in [0.1, 0.15) is 17.7 Å². The number of hydrogen-bond acceptors (Lipinski definition) is 5. The first-order valence-corrected chi connectivity index (χ1v) is 8.14. The fourth-order valence-electron chi connectivity index (χ4n) is 3.08. The largest absolute Gasteiger partial charge is 0.496 e. The Balaban J connectivity index is 2.65. The molecule has 0 aliphatic carbocycles. The quantitative estimate of drug-likeness (QED) is 0.796. The molecule has 0 saturated heterocycles. The van der Waals surface area contributed by atoms with E-state index >= 15 is 0 Å². The zero-order chi connectivity index (χ0) is 18.9. The summed E-state index contributed by atoms with van der Waals surface area (Å²) in [5, 5.41) is 0.181. The number of methoxy groups -OCH3 is 1. The topological polar surface area (TPSA) is 86.4 Å². The summed E-state index contributed by atoms with van der Waals surface area (Å²) in [6.45, 7) is 7.26. The Morgan fingerprint density at radius 3 is 2.36 bits per heavy atom. The monoisotopic (exact) mass is 348 g/mol. The predicted octanol–water partition coefficient (Wildman–Crippen LogP) is 0.749. The summed E-state index contributed by atoms with van der Waals surface area (Å²) in [4.78, 5) is 43.8. The van der Waals surface area contributed by atoms with Crippen LogP contribution in [-0.4, -0.2) is 44.1 Å². The first kappa shape index (κ1) is 18.7. The summed E-state index contributed by atoms with van der Waals surface area (Å²) in [7, 11) is 2.95. The third-order valence-electron chi connectivity index (χ3n) is 4.10. The number of amides is 1. The van der Waals surface area contributed by atoms with Gasteiger partial charge in [-0.05, 0) is 33.8 Å². The van der Waals surface area contributed by atoms with Gasteiger partial charge in [0.2, 0.25) is 5.91 Å². The van der Waals surface area contributed by atoms with Gasteiger partial charge in [-0.1, -0.05) is 0 Å². The number of aromatic nitrogens is 3. The first-order valence-electron chi connectivity index (χ1n) is 8.14. The van der Waals surface area contributed by atoms with E-state index in [1.807, 2.05) is 27.7 Å². The zero-order valence-corrected chi connectivity index (χ0v) is 15.4. The lowest BCUT2D eigenvalue weighted by Crippen LogP contribution is -2.48. The third kappa shape index (κ3) is 3.29. The third-order valence-corrected chi connectivity index (χ3v) is 4.10. The van der Waals surface area contributed by atoms with E-state index in [9.17, 15) is 14.4 Å². The smallest absolute Gasteiger partial charge is 0.332 e. The molecular weight excluding hydrogens is 324 g/mol. The Morgan fingerprint density at radius 2 is 1.84 bits per heavy atom. The Kier molecular flexibility index (Phi) is 5.30. The molecule has 2 aromatic heterocycles. The van der Waals surface area contributed by atoms with E-state index in [2.05, 4.69) is 4.98 Å². The van der Waals surface area contributed by atoms with E-state index in [0.29, 0.717) is 5.75 Å². The second-order valence-corrected chi connectivity index (χ2v) is 6.43. The molecule has 0 radical (unpaired) electrons. The van der Waals surface area contributed by atoms with Gasteiger partial charge in [-0.3, -0.25) is 14.2 Å². The number of ether oxygens (including phenoxy) is 1. The lowest BCUT2D eigenvalue weighted by atomic mass is 10.2. The van der Waals surface area contributed by atoms with Crippen molar-refractivity contribution in [2.75, 3.05) is 7.11 Å². The number of rotatable bonds is 5. The lowest BCUT2D eigenvalue weighted by Gasteiger charge is -2.31. The standard InChI is InChI=1S/C17H24N4O4/c1-10(2)21(11(3)4)13(22)9-20-16(23)14-12(25-6)7-8-18-15(14)19(5)17(20)24/h7-8,10-11H,9H2,1-6H3. The van der Waals surface area contributed by atoms with Crippen molar-refractivity contribution in [2.45, 2.75) is 46.3 Å². The van der Waals surface area contributed by atoms with E-state index in [-0.39, 0.29) is 35.6 Å². The van der Waals surface area contributed by atoms with Crippen molar-refractivity contribution in [1.82, 2.24) is 19.0 Å². The zero-order valence-electron chi connectivity index (χ0n) is 15.4. The molecule has 0 unspecified atom stereocenters. The van der Waals surface area contributed by atoms with Gasteiger partial charge < -0.3 is 9.64 Å². The molecule has 2 aromatic rings. The summed E-state index contributed by atoms with van der Waals surface area (Å²) >= 11 is 0. The van der Waals surface area contributed by atoms with Crippen LogP contribution in [-0.2, 0) is 18.4 Å². The number of fused-ring (bicyclic) bond motifs is 1. The highest BCUT2D eigenvalue weighted by atomic mass is 16.5. The van der Waals surface area contributed by atoms with Crippen molar-refractivity contribution in [2.24, 2.45) is 7.05 Å². The van der Waals surface area contributed by atoms with Crippen molar-refractivity contribution in [3.05, 3.63) is 33.1 Å². The summed E-state index contributed by atoms with van der Waals surface area (Å²) in [6.07, 6.45) is 1.47. The van der Waals surface area contributed by atoms with Gasteiger partial charge in [-0.2, -0.15) is 0 Å². The second kappa shape index (κ2) is 7.08. The molecule has 0 fully saturated rings. The molecule has 0 spiro atoms. The molecule has 2 heterocycles. The van der Waals surface area contributed by atoms with Gasteiger partial charge in [0, 0.05) is 25.3 Å². The van der Waals surface area contributed by atoms with Crippen LogP contribution >= 0.6 is 0 Å². The van der Waals surface area contributed by atoms with Crippen molar-refractivity contribution < 1.29 is 9.53 Å². The highest BCUT2D eigenvalue weighted by Crippen LogP contribution is 2.18. The number of carbonyl (C=O) groups is 1. The molecule has 0 aromatic carbocycles. The average molecular weight is 348 g/mol. The Labute approximate surface area is 145 Å². The van der Waals surface area contributed by atoms with Gasteiger partial charge >= 0.3 is 5.69 Å². The van der Waals surface area contributed by atoms with E-state index < -0.39 is 11.2 Å². The number of aryl methyl sites for hydroxylation is 1. The van der Waals surface area contributed by atoms with Gasteiger partial charge in [-0.25, -0.2) is 14.3 Å². The minimum absolute atomic E-state index is 0.0382. The molecule has 1 amide bonds. The maximum atomic E-state index is 12.8.